The van der Waals surface area contributed by atoms with E-state index in [1.807, 2.05) is 53.4 Å². The monoisotopic (exact) mass is 354 g/mol. The molecule has 0 fully saturated rings. The fourth-order valence-electron chi connectivity index (χ4n) is 3.12. The Labute approximate surface area is 154 Å². The first-order chi connectivity index (χ1) is 12.8. The number of unbranched alkanes of at least 4 members (excludes halogenated alkanes) is 1. The van der Waals surface area contributed by atoms with E-state index in [0.29, 0.717) is 25.3 Å². The van der Waals surface area contributed by atoms with Crippen molar-refractivity contribution in [1.82, 2.24) is 4.90 Å². The molecule has 2 aromatic carbocycles. The average molecular weight is 354 g/mol. The molecule has 26 heavy (non-hydrogen) atoms. The topological polar surface area (TPSA) is 50.8 Å². The molecule has 3 rings (SSSR count). The number of fused-ring (bicyclic) bond motifs is 1. The number of para-hydroxylation sites is 2. The molecule has 0 spiro atoms. The van der Waals surface area contributed by atoms with E-state index >= 15 is 0 Å². The summed E-state index contributed by atoms with van der Waals surface area (Å²) in [4.78, 5) is 14.9. The first kappa shape index (κ1) is 18.3. The number of nitrogens with one attached hydrogen (secondary N) is 1. The molecule has 1 N–H and O–H groups in total. The number of nitrogens with zero attached hydrogens (tertiary/aromatic N) is 1. The van der Waals surface area contributed by atoms with Crippen molar-refractivity contribution < 1.29 is 14.3 Å². The van der Waals surface area contributed by atoms with Gasteiger partial charge in [0.15, 0.2) is 0 Å². The van der Waals surface area contributed by atoms with Crippen LogP contribution in [0.25, 0.3) is 0 Å². The molecule has 1 heterocycles. The van der Waals surface area contributed by atoms with E-state index in [-0.39, 0.29) is 12.1 Å². The van der Waals surface area contributed by atoms with Crippen molar-refractivity contribution in [2.45, 2.75) is 25.9 Å². The first-order valence-electron chi connectivity index (χ1n) is 9.13. The molecule has 0 saturated heterocycles. The second-order valence-corrected chi connectivity index (χ2v) is 6.32. The van der Waals surface area contributed by atoms with Crippen molar-refractivity contribution in [3.8, 4) is 5.75 Å². The fourth-order valence-corrected chi connectivity index (χ4v) is 3.12. The molecule has 138 valence electrons. The van der Waals surface area contributed by atoms with E-state index in [4.69, 9.17) is 9.47 Å². The molecule has 0 aromatic heterocycles. The largest absolute Gasteiger partial charge is 0.493 e. The van der Waals surface area contributed by atoms with Crippen molar-refractivity contribution >= 4 is 11.6 Å². The molecule has 0 bridgehead atoms. The van der Waals surface area contributed by atoms with Crippen LogP contribution < -0.4 is 10.1 Å². The average Bonchev–Trinajstić information content (AvgIpc) is 2.68. The molecule has 5 heteroatoms. The zero-order valence-electron chi connectivity index (χ0n) is 15.4. The minimum Gasteiger partial charge on any atom is -0.493 e. The third-order valence-electron chi connectivity index (χ3n) is 4.53. The number of anilines is 1. The number of ether oxygens (including phenoxy) is 2. The van der Waals surface area contributed by atoms with Crippen LogP contribution in [0.3, 0.4) is 0 Å². The molecular weight excluding hydrogens is 328 g/mol. The van der Waals surface area contributed by atoms with Crippen molar-refractivity contribution in [2.75, 3.05) is 32.2 Å². The molecule has 1 aliphatic heterocycles. The van der Waals surface area contributed by atoms with Crippen LogP contribution in [-0.2, 0) is 4.74 Å². The number of carbonyl (C=O) groups is 1. The Morgan fingerprint density at radius 3 is 2.65 bits per heavy atom. The summed E-state index contributed by atoms with van der Waals surface area (Å²) >= 11 is 0. The minimum absolute atomic E-state index is 0.00441. The maximum atomic E-state index is 13.1. The summed E-state index contributed by atoms with van der Waals surface area (Å²) in [6, 6.07) is 15.5. The zero-order chi connectivity index (χ0) is 18.4. The molecule has 1 amide bonds. The van der Waals surface area contributed by atoms with E-state index < -0.39 is 0 Å². The van der Waals surface area contributed by atoms with E-state index in [0.717, 1.165) is 29.8 Å². The maximum absolute atomic E-state index is 13.1. The predicted octanol–water partition coefficient (Wildman–Crippen LogP) is 4.08. The summed E-state index contributed by atoms with van der Waals surface area (Å²) in [5.41, 5.74) is 2.49. The van der Waals surface area contributed by atoms with Crippen LogP contribution in [0, 0.1) is 0 Å². The number of hydrogen-bond acceptors (Lipinski definition) is 4. The lowest BCUT2D eigenvalue weighted by molar-refractivity contribution is 0.0606. The van der Waals surface area contributed by atoms with Gasteiger partial charge in [-0.25, -0.2) is 0 Å². The highest BCUT2D eigenvalue weighted by molar-refractivity contribution is 6.01. The van der Waals surface area contributed by atoms with Crippen molar-refractivity contribution in [2.24, 2.45) is 0 Å². The lowest BCUT2D eigenvalue weighted by Crippen LogP contribution is -2.44. The molecule has 1 unspecified atom stereocenters. The number of carbonyl (C=O) groups excluding carboxylic acids is 1. The number of methoxy groups -OCH3 is 1. The van der Waals surface area contributed by atoms with Crippen molar-refractivity contribution in [3.05, 3.63) is 59.7 Å². The molecule has 0 radical (unpaired) electrons. The summed E-state index contributed by atoms with van der Waals surface area (Å²) < 4.78 is 11.2. The molecular formula is C21H26N2O3. The smallest absolute Gasteiger partial charge is 0.257 e. The van der Waals surface area contributed by atoms with Crippen molar-refractivity contribution in [1.29, 1.82) is 0 Å². The van der Waals surface area contributed by atoms with Gasteiger partial charge in [0.05, 0.1) is 18.8 Å². The van der Waals surface area contributed by atoms with Gasteiger partial charge in [-0.15, -0.1) is 0 Å². The van der Waals surface area contributed by atoms with Gasteiger partial charge in [-0.2, -0.15) is 0 Å². The summed E-state index contributed by atoms with van der Waals surface area (Å²) in [6.45, 7) is 3.79. The summed E-state index contributed by atoms with van der Waals surface area (Å²) in [7, 11) is 1.65. The van der Waals surface area contributed by atoms with Gasteiger partial charge < -0.3 is 19.7 Å². The normalized spacial score (nSPS) is 16.2. The Morgan fingerprint density at radius 2 is 1.85 bits per heavy atom. The van der Waals surface area contributed by atoms with Gasteiger partial charge in [-0.05, 0) is 24.6 Å². The van der Waals surface area contributed by atoms with Gasteiger partial charge in [0.25, 0.3) is 5.91 Å². The predicted molar refractivity (Wildman–Crippen MR) is 103 cm³/mol. The van der Waals surface area contributed by atoms with Gasteiger partial charge in [-0.3, -0.25) is 4.79 Å². The number of amides is 1. The zero-order valence-corrected chi connectivity index (χ0v) is 15.4. The van der Waals surface area contributed by atoms with Gasteiger partial charge in [0.1, 0.15) is 11.9 Å². The van der Waals surface area contributed by atoms with E-state index in [1.165, 1.54) is 0 Å². The summed E-state index contributed by atoms with van der Waals surface area (Å²) in [5, 5.41) is 3.50. The first-order valence-corrected chi connectivity index (χ1v) is 9.13. The second kappa shape index (κ2) is 8.72. The molecule has 1 atom stereocenters. The Morgan fingerprint density at radius 1 is 1.08 bits per heavy atom. The number of benzene rings is 2. The standard InChI is InChI=1S/C21H26N2O3/c1-3-4-14-26-19-12-8-6-10-17(19)20-22-18-11-7-5-9-16(18)21(24)23(20)13-15-25-2/h5-12,20,22H,3-4,13-15H2,1-2H3. The lowest BCUT2D eigenvalue weighted by atomic mass is 10.0. The number of hydrogen-bond donors (Lipinski definition) is 1. The number of rotatable bonds is 8. The van der Waals surface area contributed by atoms with Crippen LogP contribution in [0.2, 0.25) is 0 Å². The van der Waals surface area contributed by atoms with Gasteiger partial charge in [-0.1, -0.05) is 43.7 Å². The van der Waals surface area contributed by atoms with Gasteiger partial charge in [0, 0.05) is 24.9 Å². The fraction of sp³-hybridized carbons (Fsp3) is 0.381. The highest BCUT2D eigenvalue weighted by Crippen LogP contribution is 2.36. The minimum atomic E-state index is -0.287. The van der Waals surface area contributed by atoms with Crippen molar-refractivity contribution in [3.63, 3.8) is 0 Å². The van der Waals surface area contributed by atoms with Crippen LogP contribution in [0.5, 0.6) is 5.75 Å². The third kappa shape index (κ3) is 3.83. The van der Waals surface area contributed by atoms with E-state index in [9.17, 15) is 4.79 Å². The summed E-state index contributed by atoms with van der Waals surface area (Å²) in [5.74, 6) is 0.817. The Balaban J connectivity index is 1.95. The molecule has 2 aromatic rings. The quantitative estimate of drug-likeness (QED) is 0.726. The van der Waals surface area contributed by atoms with Crippen LogP contribution in [-0.4, -0.2) is 37.7 Å². The lowest BCUT2D eigenvalue weighted by Gasteiger charge is -2.38. The Kier molecular flexibility index (Phi) is 6.12. The Hall–Kier alpha value is -2.53. The van der Waals surface area contributed by atoms with Crippen LogP contribution in [0.1, 0.15) is 41.9 Å². The third-order valence-corrected chi connectivity index (χ3v) is 4.53. The van der Waals surface area contributed by atoms with Crippen LogP contribution in [0.15, 0.2) is 48.5 Å². The SMILES string of the molecule is CCCCOc1ccccc1C1Nc2ccccc2C(=O)N1CCOC. The van der Waals surface area contributed by atoms with E-state index in [1.54, 1.807) is 7.11 Å². The Bertz CT molecular complexity index is 748. The molecule has 1 aliphatic rings. The van der Waals surface area contributed by atoms with Gasteiger partial charge in [0.2, 0.25) is 0 Å². The second-order valence-electron chi connectivity index (χ2n) is 6.32. The molecule has 0 aliphatic carbocycles. The van der Waals surface area contributed by atoms with Crippen LogP contribution >= 0.6 is 0 Å². The molecule has 5 nitrogen and oxygen atoms in total. The highest BCUT2D eigenvalue weighted by Gasteiger charge is 2.33. The molecule has 0 saturated carbocycles. The van der Waals surface area contributed by atoms with Crippen LogP contribution in [0.4, 0.5) is 5.69 Å². The maximum Gasteiger partial charge on any atom is 0.257 e. The summed E-state index contributed by atoms with van der Waals surface area (Å²) in [6.07, 6.45) is 1.79. The van der Waals surface area contributed by atoms with E-state index in [2.05, 4.69) is 12.2 Å². The highest BCUT2D eigenvalue weighted by atomic mass is 16.5. The van der Waals surface area contributed by atoms with Gasteiger partial charge >= 0.3 is 0 Å².